The largest absolute Gasteiger partial charge is 0.460 e. The molecule has 0 fully saturated rings. The first kappa shape index (κ1) is 20.7. The van der Waals surface area contributed by atoms with Gasteiger partial charge in [-0.05, 0) is 6.42 Å². The van der Waals surface area contributed by atoms with Gasteiger partial charge in [-0.2, -0.15) is 0 Å². The summed E-state index contributed by atoms with van der Waals surface area (Å²) >= 11 is 0. The van der Waals surface area contributed by atoms with Crippen LogP contribution in [0.2, 0.25) is 0 Å². The van der Waals surface area contributed by atoms with Crippen LogP contribution in [0.4, 0.5) is 0 Å². The molecule has 1 atom stereocenters. The summed E-state index contributed by atoms with van der Waals surface area (Å²) in [7, 11) is 2.10. The van der Waals surface area contributed by atoms with Gasteiger partial charge in [0.1, 0.15) is 26.2 Å². The van der Waals surface area contributed by atoms with Crippen LogP contribution in [0.3, 0.4) is 0 Å². The van der Waals surface area contributed by atoms with Crippen LogP contribution >= 0.6 is 0 Å². The number of aliphatic hydroxyl groups excluding tert-OH is 1. The SMILES string of the molecule is CCCCCCCC(=O)OCC[N+](C)(CCO)Cc1ccccc1. The van der Waals surface area contributed by atoms with Crippen molar-refractivity contribution in [1.82, 2.24) is 0 Å². The average molecular weight is 336 g/mol. The summed E-state index contributed by atoms with van der Waals surface area (Å²) < 4.78 is 6.06. The zero-order valence-electron chi connectivity index (χ0n) is 15.4. The van der Waals surface area contributed by atoms with E-state index in [0.717, 1.165) is 25.9 Å². The monoisotopic (exact) mass is 336 g/mol. The van der Waals surface area contributed by atoms with Gasteiger partial charge < -0.3 is 14.3 Å². The van der Waals surface area contributed by atoms with Crippen LogP contribution < -0.4 is 0 Å². The summed E-state index contributed by atoms with van der Waals surface area (Å²) in [5, 5.41) is 9.35. The third-order valence-corrected chi connectivity index (χ3v) is 4.43. The van der Waals surface area contributed by atoms with Crippen molar-refractivity contribution in [2.75, 3.05) is 33.4 Å². The number of quaternary nitrogens is 1. The zero-order valence-corrected chi connectivity index (χ0v) is 15.4. The number of rotatable bonds is 13. The van der Waals surface area contributed by atoms with Gasteiger partial charge in [-0.3, -0.25) is 4.79 Å². The van der Waals surface area contributed by atoms with Crippen molar-refractivity contribution >= 4 is 5.97 Å². The maximum atomic E-state index is 11.8. The van der Waals surface area contributed by atoms with E-state index in [4.69, 9.17) is 4.74 Å². The van der Waals surface area contributed by atoms with Gasteiger partial charge in [0.2, 0.25) is 0 Å². The first-order valence-corrected chi connectivity index (χ1v) is 9.23. The van der Waals surface area contributed by atoms with Crippen LogP contribution in [0.25, 0.3) is 0 Å². The lowest BCUT2D eigenvalue weighted by molar-refractivity contribution is -0.923. The molecule has 0 heterocycles. The van der Waals surface area contributed by atoms with Crippen molar-refractivity contribution in [2.24, 2.45) is 0 Å². The second-order valence-electron chi connectivity index (χ2n) is 6.82. The highest BCUT2D eigenvalue weighted by molar-refractivity contribution is 5.69. The topological polar surface area (TPSA) is 46.5 Å². The fraction of sp³-hybridized carbons (Fsp3) is 0.650. The smallest absolute Gasteiger partial charge is 0.305 e. The van der Waals surface area contributed by atoms with E-state index < -0.39 is 0 Å². The minimum Gasteiger partial charge on any atom is -0.460 e. The number of ether oxygens (including phenoxy) is 1. The van der Waals surface area contributed by atoms with Crippen molar-refractivity contribution < 1.29 is 19.1 Å². The molecule has 0 bridgehead atoms. The molecule has 1 unspecified atom stereocenters. The van der Waals surface area contributed by atoms with Gasteiger partial charge in [0, 0.05) is 12.0 Å². The Morgan fingerprint density at radius 2 is 1.79 bits per heavy atom. The van der Waals surface area contributed by atoms with Crippen LogP contribution in [-0.4, -0.2) is 48.9 Å². The van der Waals surface area contributed by atoms with Crippen LogP contribution in [-0.2, 0) is 16.1 Å². The molecule has 0 aliphatic heterocycles. The standard InChI is InChI=1S/C20H34NO3/c1-3-4-5-6-10-13-20(23)24-17-15-21(2,14-16-22)18-19-11-8-7-9-12-19/h7-9,11-12,22H,3-6,10,13-18H2,1-2H3/q+1. The summed E-state index contributed by atoms with van der Waals surface area (Å²) in [6.45, 7) is 4.94. The molecule has 0 radical (unpaired) electrons. The number of esters is 1. The summed E-state index contributed by atoms with van der Waals surface area (Å²) in [4.78, 5) is 11.8. The van der Waals surface area contributed by atoms with Crippen molar-refractivity contribution in [1.29, 1.82) is 0 Å². The molecule has 0 aromatic heterocycles. The fourth-order valence-corrected chi connectivity index (χ4v) is 2.86. The third kappa shape index (κ3) is 9.04. The minimum absolute atomic E-state index is 0.0956. The summed E-state index contributed by atoms with van der Waals surface area (Å²) in [6, 6.07) is 10.2. The van der Waals surface area contributed by atoms with Crippen molar-refractivity contribution in [3.63, 3.8) is 0 Å². The van der Waals surface area contributed by atoms with Gasteiger partial charge in [-0.1, -0.05) is 62.9 Å². The Labute approximate surface area is 147 Å². The van der Waals surface area contributed by atoms with E-state index in [2.05, 4.69) is 26.1 Å². The lowest BCUT2D eigenvalue weighted by atomic mass is 10.1. The second kappa shape index (κ2) is 12.0. The Morgan fingerprint density at radius 3 is 2.46 bits per heavy atom. The lowest BCUT2D eigenvalue weighted by Gasteiger charge is -2.33. The molecule has 0 saturated carbocycles. The van der Waals surface area contributed by atoms with E-state index in [9.17, 15) is 9.90 Å². The molecule has 0 aliphatic carbocycles. The second-order valence-corrected chi connectivity index (χ2v) is 6.82. The van der Waals surface area contributed by atoms with E-state index in [0.29, 0.717) is 24.1 Å². The highest BCUT2D eigenvalue weighted by Crippen LogP contribution is 2.12. The molecule has 0 amide bonds. The number of carbonyl (C=O) groups is 1. The molecular formula is C20H34NO3+. The van der Waals surface area contributed by atoms with Crippen LogP contribution in [0.1, 0.15) is 51.0 Å². The maximum absolute atomic E-state index is 11.8. The molecule has 1 rings (SSSR count). The van der Waals surface area contributed by atoms with Gasteiger partial charge in [0.15, 0.2) is 0 Å². The van der Waals surface area contributed by atoms with Crippen molar-refractivity contribution in [3.8, 4) is 0 Å². The highest BCUT2D eigenvalue weighted by Gasteiger charge is 2.22. The molecule has 0 aliphatic rings. The third-order valence-electron chi connectivity index (χ3n) is 4.43. The molecule has 1 N–H and O–H groups in total. The normalized spacial score (nSPS) is 13.5. The molecule has 4 heteroatoms. The predicted molar refractivity (Wildman–Crippen MR) is 97.5 cm³/mol. The Hall–Kier alpha value is -1.39. The number of hydrogen-bond donors (Lipinski definition) is 1. The quantitative estimate of drug-likeness (QED) is 0.340. The van der Waals surface area contributed by atoms with Crippen LogP contribution in [0.15, 0.2) is 30.3 Å². The van der Waals surface area contributed by atoms with Crippen LogP contribution in [0, 0.1) is 0 Å². The number of benzene rings is 1. The van der Waals surface area contributed by atoms with E-state index in [1.807, 2.05) is 18.2 Å². The summed E-state index contributed by atoms with van der Waals surface area (Å²) in [5.74, 6) is -0.0956. The summed E-state index contributed by atoms with van der Waals surface area (Å²) in [5.41, 5.74) is 1.23. The molecular weight excluding hydrogens is 302 g/mol. The Kier molecular flexibility index (Phi) is 10.4. The molecule has 1 aromatic rings. The lowest BCUT2D eigenvalue weighted by Crippen LogP contribution is -2.47. The van der Waals surface area contributed by atoms with E-state index in [1.54, 1.807) is 0 Å². The zero-order chi connectivity index (χ0) is 17.7. The fourth-order valence-electron chi connectivity index (χ4n) is 2.86. The highest BCUT2D eigenvalue weighted by atomic mass is 16.5. The summed E-state index contributed by atoms with van der Waals surface area (Å²) in [6.07, 6.45) is 6.21. The number of nitrogens with zero attached hydrogens (tertiary/aromatic N) is 1. The average Bonchev–Trinajstić information content (AvgIpc) is 2.55. The maximum Gasteiger partial charge on any atom is 0.305 e. The van der Waals surface area contributed by atoms with Gasteiger partial charge >= 0.3 is 5.97 Å². The van der Waals surface area contributed by atoms with E-state index in [-0.39, 0.29) is 12.6 Å². The van der Waals surface area contributed by atoms with Gasteiger partial charge in [0.25, 0.3) is 0 Å². The van der Waals surface area contributed by atoms with Crippen molar-refractivity contribution in [3.05, 3.63) is 35.9 Å². The molecule has 24 heavy (non-hydrogen) atoms. The molecule has 136 valence electrons. The Bertz CT molecular complexity index is 449. The first-order chi connectivity index (χ1) is 11.6. The number of carbonyl (C=O) groups excluding carboxylic acids is 1. The predicted octanol–water partition coefficient (Wildman–Crippen LogP) is 3.53. The number of hydrogen-bond acceptors (Lipinski definition) is 3. The van der Waals surface area contributed by atoms with E-state index >= 15 is 0 Å². The number of likely N-dealkylation sites (N-methyl/N-ethyl adjacent to an activating group) is 1. The Morgan fingerprint density at radius 1 is 1.08 bits per heavy atom. The molecule has 0 saturated heterocycles. The van der Waals surface area contributed by atoms with E-state index in [1.165, 1.54) is 24.8 Å². The van der Waals surface area contributed by atoms with Crippen LogP contribution in [0.5, 0.6) is 0 Å². The Balaban J connectivity index is 2.31. The van der Waals surface area contributed by atoms with Gasteiger partial charge in [-0.15, -0.1) is 0 Å². The number of aliphatic hydroxyl groups is 1. The first-order valence-electron chi connectivity index (χ1n) is 9.23. The van der Waals surface area contributed by atoms with Gasteiger partial charge in [-0.25, -0.2) is 0 Å². The molecule has 4 nitrogen and oxygen atoms in total. The minimum atomic E-state index is -0.0956. The number of unbranched alkanes of at least 4 members (excludes halogenated alkanes) is 4. The molecule has 0 spiro atoms. The van der Waals surface area contributed by atoms with Crippen molar-refractivity contribution in [2.45, 2.75) is 52.0 Å². The van der Waals surface area contributed by atoms with Gasteiger partial charge in [0.05, 0.1) is 13.7 Å². The molecule has 1 aromatic carbocycles.